The van der Waals surface area contributed by atoms with Crippen LogP contribution < -0.4 is 10.5 Å². The number of oxazole rings is 1. The molecule has 20 heavy (non-hydrogen) atoms. The number of rotatable bonds is 4. The Balaban J connectivity index is 1.79. The van der Waals surface area contributed by atoms with Crippen molar-refractivity contribution in [1.29, 1.82) is 0 Å². The standard InChI is InChI=1S/C16H16N2O2/c1-19-12-7-8-15-14(10-12)18-16(20-15)9-6-11-4-2-3-5-13(11)17/h2-5,7-8,10H,6,9,17H2,1H3. The number of methoxy groups -OCH3 is 1. The van der Waals surface area contributed by atoms with Crippen molar-refractivity contribution < 1.29 is 9.15 Å². The number of hydrogen-bond acceptors (Lipinski definition) is 4. The molecule has 0 bridgehead atoms. The average molecular weight is 268 g/mol. The van der Waals surface area contributed by atoms with Gasteiger partial charge in [-0.25, -0.2) is 4.98 Å². The van der Waals surface area contributed by atoms with Crippen molar-refractivity contribution in [3.05, 3.63) is 53.9 Å². The molecule has 1 heterocycles. The van der Waals surface area contributed by atoms with E-state index < -0.39 is 0 Å². The first kappa shape index (κ1) is 12.5. The van der Waals surface area contributed by atoms with Gasteiger partial charge in [-0.1, -0.05) is 18.2 Å². The van der Waals surface area contributed by atoms with Gasteiger partial charge in [0.1, 0.15) is 11.3 Å². The molecule has 0 spiro atoms. The summed E-state index contributed by atoms with van der Waals surface area (Å²) >= 11 is 0. The fourth-order valence-corrected chi connectivity index (χ4v) is 2.19. The summed E-state index contributed by atoms with van der Waals surface area (Å²) < 4.78 is 10.9. The second-order valence-electron chi connectivity index (χ2n) is 4.64. The predicted molar refractivity (Wildman–Crippen MR) is 78.8 cm³/mol. The Labute approximate surface area is 117 Å². The molecule has 0 fully saturated rings. The summed E-state index contributed by atoms with van der Waals surface area (Å²) in [7, 11) is 1.64. The lowest BCUT2D eigenvalue weighted by Crippen LogP contribution is -1.96. The van der Waals surface area contributed by atoms with Crippen LogP contribution in [0.25, 0.3) is 11.1 Å². The maximum atomic E-state index is 5.93. The molecule has 0 saturated heterocycles. The van der Waals surface area contributed by atoms with Gasteiger partial charge < -0.3 is 14.9 Å². The molecule has 2 N–H and O–H groups in total. The number of nitrogens with zero attached hydrogens (tertiary/aromatic N) is 1. The lowest BCUT2D eigenvalue weighted by molar-refractivity contribution is 0.415. The van der Waals surface area contributed by atoms with E-state index in [9.17, 15) is 0 Å². The van der Waals surface area contributed by atoms with Gasteiger partial charge in [0.05, 0.1) is 7.11 Å². The second kappa shape index (κ2) is 5.25. The molecule has 4 heteroatoms. The summed E-state index contributed by atoms with van der Waals surface area (Å²) in [6, 6.07) is 13.5. The van der Waals surface area contributed by atoms with E-state index >= 15 is 0 Å². The fraction of sp³-hybridized carbons (Fsp3) is 0.188. The number of aryl methyl sites for hydroxylation is 2. The third-order valence-corrected chi connectivity index (χ3v) is 3.30. The minimum atomic E-state index is 0.719. The van der Waals surface area contributed by atoms with Gasteiger partial charge in [-0.3, -0.25) is 0 Å². The summed E-state index contributed by atoms with van der Waals surface area (Å²) in [4.78, 5) is 4.48. The van der Waals surface area contributed by atoms with Crippen molar-refractivity contribution in [1.82, 2.24) is 4.98 Å². The number of nitrogen functional groups attached to an aromatic ring is 1. The molecule has 0 atom stereocenters. The van der Waals surface area contributed by atoms with E-state index in [0.29, 0.717) is 0 Å². The van der Waals surface area contributed by atoms with Crippen LogP contribution in [0, 0.1) is 0 Å². The highest BCUT2D eigenvalue weighted by molar-refractivity contribution is 5.74. The van der Waals surface area contributed by atoms with Gasteiger partial charge in [0.15, 0.2) is 11.5 Å². The summed E-state index contributed by atoms with van der Waals surface area (Å²) in [6.45, 7) is 0. The fourth-order valence-electron chi connectivity index (χ4n) is 2.19. The van der Waals surface area contributed by atoms with Gasteiger partial charge >= 0.3 is 0 Å². The van der Waals surface area contributed by atoms with Crippen LogP contribution in [0.2, 0.25) is 0 Å². The molecule has 0 unspecified atom stereocenters. The van der Waals surface area contributed by atoms with Crippen molar-refractivity contribution in [3.63, 3.8) is 0 Å². The molecule has 4 nitrogen and oxygen atoms in total. The summed E-state index contributed by atoms with van der Waals surface area (Å²) in [5, 5.41) is 0. The zero-order valence-electron chi connectivity index (χ0n) is 11.3. The number of nitrogens with two attached hydrogens (primary N) is 1. The lowest BCUT2D eigenvalue weighted by Gasteiger charge is -2.02. The third-order valence-electron chi connectivity index (χ3n) is 3.30. The normalized spacial score (nSPS) is 10.8. The second-order valence-corrected chi connectivity index (χ2v) is 4.64. The van der Waals surface area contributed by atoms with E-state index in [0.717, 1.165) is 46.8 Å². The van der Waals surface area contributed by atoms with E-state index in [2.05, 4.69) is 4.98 Å². The van der Waals surface area contributed by atoms with E-state index in [-0.39, 0.29) is 0 Å². The Morgan fingerprint density at radius 2 is 2.00 bits per heavy atom. The number of anilines is 1. The molecule has 1 aromatic heterocycles. The molecule has 0 saturated carbocycles. The first-order chi connectivity index (χ1) is 9.76. The zero-order chi connectivity index (χ0) is 13.9. The van der Waals surface area contributed by atoms with Crippen molar-refractivity contribution in [2.24, 2.45) is 0 Å². The highest BCUT2D eigenvalue weighted by Gasteiger charge is 2.08. The topological polar surface area (TPSA) is 61.3 Å². The first-order valence-corrected chi connectivity index (χ1v) is 6.53. The Bertz CT molecular complexity index is 734. The molecule has 0 aliphatic carbocycles. The van der Waals surface area contributed by atoms with Gasteiger partial charge in [0.25, 0.3) is 0 Å². The Morgan fingerprint density at radius 3 is 2.80 bits per heavy atom. The van der Waals surface area contributed by atoms with Crippen molar-refractivity contribution >= 4 is 16.8 Å². The number of ether oxygens (including phenoxy) is 1. The van der Waals surface area contributed by atoms with Crippen LogP contribution >= 0.6 is 0 Å². The number of aromatic nitrogens is 1. The maximum absolute atomic E-state index is 5.93. The largest absolute Gasteiger partial charge is 0.497 e. The minimum absolute atomic E-state index is 0.719. The van der Waals surface area contributed by atoms with E-state index in [1.54, 1.807) is 7.11 Å². The summed E-state index contributed by atoms with van der Waals surface area (Å²) in [5.74, 6) is 1.50. The smallest absolute Gasteiger partial charge is 0.195 e. The lowest BCUT2D eigenvalue weighted by atomic mass is 10.1. The Hall–Kier alpha value is -2.49. The van der Waals surface area contributed by atoms with E-state index in [4.69, 9.17) is 14.9 Å². The third kappa shape index (κ3) is 2.45. The SMILES string of the molecule is COc1ccc2oc(CCc3ccccc3N)nc2c1. The van der Waals surface area contributed by atoms with Gasteiger partial charge in [-0.05, 0) is 30.2 Å². The predicted octanol–water partition coefficient (Wildman–Crippen LogP) is 3.20. The molecule has 0 amide bonds. The highest BCUT2D eigenvalue weighted by atomic mass is 16.5. The van der Waals surface area contributed by atoms with Crippen LogP contribution in [0.3, 0.4) is 0 Å². The molecule has 0 aliphatic heterocycles. The van der Waals surface area contributed by atoms with Gasteiger partial charge in [0, 0.05) is 18.2 Å². The van der Waals surface area contributed by atoms with Crippen LogP contribution in [0.5, 0.6) is 5.75 Å². The van der Waals surface area contributed by atoms with Crippen LogP contribution in [0.4, 0.5) is 5.69 Å². The molecule has 0 aliphatic rings. The van der Waals surface area contributed by atoms with E-state index in [1.165, 1.54) is 0 Å². The van der Waals surface area contributed by atoms with Gasteiger partial charge in [0.2, 0.25) is 0 Å². The van der Waals surface area contributed by atoms with Gasteiger partial charge in [-0.15, -0.1) is 0 Å². The van der Waals surface area contributed by atoms with Crippen LogP contribution in [-0.4, -0.2) is 12.1 Å². The monoisotopic (exact) mass is 268 g/mol. The van der Waals surface area contributed by atoms with Crippen molar-refractivity contribution in [2.75, 3.05) is 12.8 Å². The van der Waals surface area contributed by atoms with Crippen molar-refractivity contribution in [2.45, 2.75) is 12.8 Å². The number of benzene rings is 2. The summed E-state index contributed by atoms with van der Waals surface area (Å²) in [6.07, 6.45) is 1.54. The molecule has 3 rings (SSSR count). The molecule has 3 aromatic rings. The molecular formula is C16H16N2O2. The van der Waals surface area contributed by atoms with Gasteiger partial charge in [-0.2, -0.15) is 0 Å². The minimum Gasteiger partial charge on any atom is -0.497 e. The Kier molecular flexibility index (Phi) is 3.29. The Morgan fingerprint density at radius 1 is 1.15 bits per heavy atom. The first-order valence-electron chi connectivity index (χ1n) is 6.53. The molecule has 102 valence electrons. The molecule has 0 radical (unpaired) electrons. The number of hydrogen-bond donors (Lipinski definition) is 1. The molecular weight excluding hydrogens is 252 g/mol. The zero-order valence-corrected chi connectivity index (χ0v) is 11.3. The van der Waals surface area contributed by atoms with Crippen LogP contribution in [0.1, 0.15) is 11.5 Å². The quantitative estimate of drug-likeness (QED) is 0.738. The number of fused-ring (bicyclic) bond motifs is 1. The highest BCUT2D eigenvalue weighted by Crippen LogP contribution is 2.22. The van der Waals surface area contributed by atoms with Crippen molar-refractivity contribution in [3.8, 4) is 5.75 Å². The van der Waals surface area contributed by atoms with Crippen LogP contribution in [0.15, 0.2) is 46.9 Å². The molecule has 2 aromatic carbocycles. The summed E-state index contributed by atoms with van der Waals surface area (Å²) in [5.41, 5.74) is 9.46. The number of para-hydroxylation sites is 1. The van der Waals surface area contributed by atoms with E-state index in [1.807, 2.05) is 42.5 Å². The average Bonchev–Trinajstić information content (AvgIpc) is 2.88. The van der Waals surface area contributed by atoms with Crippen LogP contribution in [-0.2, 0) is 12.8 Å². The maximum Gasteiger partial charge on any atom is 0.195 e.